The molecule has 3 aromatic rings. The van der Waals surface area contributed by atoms with Gasteiger partial charge < -0.3 is 34.5 Å². The lowest BCUT2D eigenvalue weighted by Crippen LogP contribution is -2.39. The fourth-order valence-electron chi connectivity index (χ4n) is 4.54. The second kappa shape index (κ2) is 14.0. The number of anilines is 2. The predicted octanol–water partition coefficient (Wildman–Crippen LogP) is 5.83. The van der Waals surface area contributed by atoms with E-state index in [-0.39, 0.29) is 23.8 Å². The molecule has 0 saturated carbocycles. The molecule has 0 saturated heterocycles. The maximum Gasteiger partial charge on any atom is 0.410 e. The van der Waals surface area contributed by atoms with Gasteiger partial charge in [0, 0.05) is 22.0 Å². The number of methoxy groups -OCH3 is 3. The number of esters is 1. The van der Waals surface area contributed by atoms with E-state index in [1.807, 2.05) is 6.07 Å². The van der Waals surface area contributed by atoms with Crippen LogP contribution in [-0.2, 0) is 27.2 Å². The van der Waals surface area contributed by atoms with Crippen LogP contribution >= 0.6 is 23.1 Å². The fraction of sp³-hybridized carbons (Fsp3) is 0.355. The first-order valence-electron chi connectivity index (χ1n) is 13.7. The Morgan fingerprint density at radius 1 is 0.955 bits per heavy atom. The highest BCUT2D eigenvalue weighted by molar-refractivity contribution is 8.00. The van der Waals surface area contributed by atoms with Gasteiger partial charge in [-0.05, 0) is 63.1 Å². The van der Waals surface area contributed by atoms with E-state index < -0.39 is 23.6 Å². The molecule has 0 unspecified atom stereocenters. The lowest BCUT2D eigenvalue weighted by atomic mass is 10.0. The van der Waals surface area contributed by atoms with Crippen molar-refractivity contribution in [3.05, 3.63) is 64.0 Å². The summed E-state index contributed by atoms with van der Waals surface area (Å²) in [6.45, 7) is 6.06. The van der Waals surface area contributed by atoms with E-state index in [4.69, 9.17) is 18.9 Å². The third-order valence-electron chi connectivity index (χ3n) is 6.47. The molecule has 234 valence electrons. The first-order chi connectivity index (χ1) is 20.9. The number of amides is 3. The van der Waals surface area contributed by atoms with Crippen LogP contribution < -0.4 is 20.1 Å². The van der Waals surface area contributed by atoms with Gasteiger partial charge in [-0.15, -0.1) is 23.1 Å². The van der Waals surface area contributed by atoms with Gasteiger partial charge >= 0.3 is 12.1 Å². The standard InChI is InChI=1S/C31H35N3O8S2/c1-31(2,3)42-30(38)34-14-13-20-23(16-34)44-28(25(20)29(37)41-6)33-24(35)17-43-19-10-7-9-18(15-19)32-27(36)26-21(39-4)11-8-12-22(26)40-5/h7-12,15H,13-14,16-17H2,1-6H3,(H,32,36)(H,33,35). The molecule has 0 radical (unpaired) electrons. The molecule has 2 heterocycles. The molecule has 0 spiro atoms. The summed E-state index contributed by atoms with van der Waals surface area (Å²) in [5, 5.41) is 6.09. The minimum atomic E-state index is -0.630. The largest absolute Gasteiger partial charge is 0.496 e. The average molecular weight is 642 g/mol. The quantitative estimate of drug-likeness (QED) is 0.219. The number of ether oxygens (including phenoxy) is 4. The average Bonchev–Trinajstić information content (AvgIpc) is 3.35. The maximum absolute atomic E-state index is 13.1. The number of benzene rings is 2. The van der Waals surface area contributed by atoms with Crippen molar-refractivity contribution >= 4 is 57.7 Å². The lowest BCUT2D eigenvalue weighted by Gasteiger charge is -2.30. The SMILES string of the molecule is COC(=O)c1c(NC(=O)CSc2cccc(NC(=O)c3c(OC)cccc3OC)c2)sc2c1CCN(C(=O)OC(C)(C)C)C2. The molecule has 0 bridgehead atoms. The van der Waals surface area contributed by atoms with Gasteiger partial charge in [0.2, 0.25) is 5.91 Å². The number of hydrogen-bond acceptors (Lipinski definition) is 10. The predicted molar refractivity (Wildman–Crippen MR) is 169 cm³/mol. The number of thiophene rings is 1. The van der Waals surface area contributed by atoms with Crippen molar-refractivity contribution in [2.45, 2.75) is 44.2 Å². The van der Waals surface area contributed by atoms with Crippen LogP contribution in [0.4, 0.5) is 15.5 Å². The van der Waals surface area contributed by atoms with Crippen molar-refractivity contribution in [2.75, 3.05) is 44.3 Å². The fourth-order valence-corrected chi connectivity index (χ4v) is 6.56. The Morgan fingerprint density at radius 2 is 1.64 bits per heavy atom. The van der Waals surface area contributed by atoms with Crippen molar-refractivity contribution in [3.8, 4) is 11.5 Å². The number of carbonyl (C=O) groups is 4. The Labute approximate surface area is 264 Å². The molecule has 0 aliphatic carbocycles. The lowest BCUT2D eigenvalue weighted by molar-refractivity contribution is -0.113. The van der Waals surface area contributed by atoms with E-state index in [1.165, 1.54) is 44.4 Å². The van der Waals surface area contributed by atoms with Crippen molar-refractivity contribution in [1.82, 2.24) is 4.90 Å². The third-order valence-corrected chi connectivity index (χ3v) is 8.59. The highest BCUT2D eigenvalue weighted by atomic mass is 32.2. The number of rotatable bonds is 9. The normalized spacial score (nSPS) is 12.5. The summed E-state index contributed by atoms with van der Waals surface area (Å²) in [4.78, 5) is 54.5. The molecule has 4 rings (SSSR count). The number of nitrogens with one attached hydrogen (secondary N) is 2. The van der Waals surface area contributed by atoms with Gasteiger partial charge in [0.25, 0.3) is 5.91 Å². The van der Waals surface area contributed by atoms with Gasteiger partial charge in [0.05, 0.1) is 39.2 Å². The summed E-state index contributed by atoms with van der Waals surface area (Å²) >= 11 is 2.52. The van der Waals surface area contributed by atoms with Crippen LogP contribution in [0, 0.1) is 0 Å². The molecule has 1 aromatic heterocycles. The van der Waals surface area contributed by atoms with Crippen molar-refractivity contribution in [2.24, 2.45) is 0 Å². The topological polar surface area (TPSA) is 132 Å². The molecule has 1 aliphatic heterocycles. The monoisotopic (exact) mass is 641 g/mol. The Balaban J connectivity index is 1.43. The zero-order valence-corrected chi connectivity index (χ0v) is 27.0. The van der Waals surface area contributed by atoms with Crippen LogP contribution in [0.5, 0.6) is 11.5 Å². The minimum Gasteiger partial charge on any atom is -0.496 e. The number of thioether (sulfide) groups is 1. The Morgan fingerprint density at radius 3 is 2.27 bits per heavy atom. The van der Waals surface area contributed by atoms with Crippen LogP contribution in [0.15, 0.2) is 47.4 Å². The second-order valence-corrected chi connectivity index (χ2v) is 12.9. The summed E-state index contributed by atoms with van der Waals surface area (Å²) in [5.41, 5.74) is 1.24. The van der Waals surface area contributed by atoms with E-state index in [9.17, 15) is 19.2 Å². The molecular formula is C31H35N3O8S2. The van der Waals surface area contributed by atoms with E-state index in [0.29, 0.717) is 40.7 Å². The Bertz CT molecular complexity index is 1540. The van der Waals surface area contributed by atoms with E-state index in [0.717, 1.165) is 15.3 Å². The minimum absolute atomic E-state index is 0.0466. The number of hydrogen-bond donors (Lipinski definition) is 2. The smallest absolute Gasteiger partial charge is 0.410 e. The molecule has 3 amide bonds. The zero-order valence-electron chi connectivity index (χ0n) is 25.4. The molecule has 2 N–H and O–H groups in total. The molecule has 2 aromatic carbocycles. The number of nitrogens with zero attached hydrogens (tertiary/aromatic N) is 1. The van der Waals surface area contributed by atoms with E-state index >= 15 is 0 Å². The summed E-state index contributed by atoms with van der Waals surface area (Å²) in [5.74, 6) is -0.472. The maximum atomic E-state index is 13.1. The van der Waals surface area contributed by atoms with Crippen LogP contribution in [0.25, 0.3) is 0 Å². The van der Waals surface area contributed by atoms with E-state index in [1.54, 1.807) is 62.1 Å². The molecule has 13 heteroatoms. The van der Waals surface area contributed by atoms with Crippen LogP contribution in [0.2, 0.25) is 0 Å². The molecule has 0 fully saturated rings. The third kappa shape index (κ3) is 7.83. The first kappa shape index (κ1) is 32.7. The van der Waals surface area contributed by atoms with E-state index in [2.05, 4.69) is 10.6 Å². The highest BCUT2D eigenvalue weighted by Crippen LogP contribution is 2.38. The Hall–Kier alpha value is -4.23. The molecule has 1 aliphatic rings. The Kier molecular flexibility index (Phi) is 10.4. The van der Waals surface area contributed by atoms with Gasteiger partial charge in [0.15, 0.2) is 0 Å². The zero-order chi connectivity index (χ0) is 32.0. The second-order valence-electron chi connectivity index (χ2n) is 10.7. The first-order valence-corrected chi connectivity index (χ1v) is 15.5. The van der Waals surface area contributed by atoms with Crippen LogP contribution in [0.1, 0.15) is 51.9 Å². The van der Waals surface area contributed by atoms with Gasteiger partial charge in [-0.1, -0.05) is 12.1 Å². The molecule has 11 nitrogen and oxygen atoms in total. The van der Waals surface area contributed by atoms with Crippen LogP contribution in [0.3, 0.4) is 0 Å². The number of fused-ring (bicyclic) bond motifs is 1. The van der Waals surface area contributed by atoms with Crippen molar-refractivity contribution < 1.29 is 38.1 Å². The number of carbonyl (C=O) groups excluding carboxylic acids is 4. The molecule has 44 heavy (non-hydrogen) atoms. The van der Waals surface area contributed by atoms with Gasteiger partial charge in [-0.2, -0.15) is 0 Å². The summed E-state index contributed by atoms with van der Waals surface area (Å²) in [6, 6.07) is 12.2. The summed E-state index contributed by atoms with van der Waals surface area (Å²) in [6.07, 6.45) is -0.00190. The highest BCUT2D eigenvalue weighted by Gasteiger charge is 2.32. The van der Waals surface area contributed by atoms with Crippen molar-refractivity contribution in [3.63, 3.8) is 0 Å². The molecule has 0 atom stereocenters. The van der Waals surface area contributed by atoms with Gasteiger partial charge in [-0.25, -0.2) is 9.59 Å². The van der Waals surface area contributed by atoms with Gasteiger partial charge in [-0.3, -0.25) is 9.59 Å². The summed E-state index contributed by atoms with van der Waals surface area (Å²) < 4.78 is 21.2. The van der Waals surface area contributed by atoms with Crippen LogP contribution in [-0.4, -0.2) is 68.0 Å². The summed E-state index contributed by atoms with van der Waals surface area (Å²) in [7, 11) is 4.25. The molecular weight excluding hydrogens is 606 g/mol. The van der Waals surface area contributed by atoms with Crippen molar-refractivity contribution in [1.29, 1.82) is 0 Å². The van der Waals surface area contributed by atoms with Gasteiger partial charge in [0.1, 0.15) is 27.7 Å².